The molecule has 0 spiro atoms. The molecule has 1 aromatic carbocycles. The fourth-order valence-corrected chi connectivity index (χ4v) is 6.79. The number of hydrogen-bond acceptors (Lipinski definition) is 5. The number of sulfonamides is 2. The number of halogens is 3. The van der Waals surface area contributed by atoms with Gasteiger partial charge in [0.1, 0.15) is 16.1 Å². The molecule has 0 amide bonds. The third-order valence-electron chi connectivity index (χ3n) is 5.11. The van der Waals surface area contributed by atoms with E-state index in [0.717, 1.165) is 12.8 Å². The van der Waals surface area contributed by atoms with Gasteiger partial charge in [0.25, 0.3) is 10.0 Å². The molecule has 1 fully saturated rings. The van der Waals surface area contributed by atoms with Gasteiger partial charge in [-0.25, -0.2) is 13.1 Å². The number of benzene rings is 1. The van der Waals surface area contributed by atoms with E-state index in [0.29, 0.717) is 25.0 Å². The first-order valence-corrected chi connectivity index (χ1v) is 12.8. The summed E-state index contributed by atoms with van der Waals surface area (Å²) in [5, 5.41) is 0. The Morgan fingerprint density at radius 2 is 1.75 bits per heavy atom. The topological polar surface area (TPSA) is 122 Å². The van der Waals surface area contributed by atoms with Crippen molar-refractivity contribution in [2.24, 2.45) is 15.7 Å². The van der Waals surface area contributed by atoms with Crippen LogP contribution in [0, 0.1) is 11.3 Å². The first kappa shape index (κ1) is 26.4. The molecule has 0 aliphatic heterocycles. The van der Waals surface area contributed by atoms with E-state index in [1.54, 1.807) is 0 Å². The van der Waals surface area contributed by atoms with Gasteiger partial charge in [-0.05, 0) is 42.7 Å². The zero-order valence-electron chi connectivity index (χ0n) is 18.6. The molecule has 3 N–H and O–H groups in total. The Morgan fingerprint density at radius 1 is 1.16 bits per heavy atom. The zero-order chi connectivity index (χ0) is 24.7. The van der Waals surface area contributed by atoms with E-state index in [1.165, 1.54) is 19.0 Å². The number of anilines is 1. The zero-order valence-corrected chi connectivity index (χ0v) is 20.2. The van der Waals surface area contributed by atoms with E-state index in [1.807, 2.05) is 20.8 Å². The van der Waals surface area contributed by atoms with Crippen molar-refractivity contribution in [3.63, 3.8) is 0 Å². The number of hydrogen-bond donors (Lipinski definition) is 2. The predicted molar refractivity (Wildman–Crippen MR) is 116 cm³/mol. The standard InChI is InChI=1S/C19H29F3N4O4S2/c1-12-6-13(10-18(2,3)9-12)25-32(29,30)17-8-16(31(27,28)24-11-26(4)5)14(7-15(17)23)19(20,21)22/h7-8,11-13,25H,6,9-10,23H2,1-5H3. The maximum absolute atomic E-state index is 13.5. The lowest BCUT2D eigenvalue weighted by Crippen LogP contribution is -2.43. The predicted octanol–water partition coefficient (Wildman–Crippen LogP) is 3.06. The molecule has 2 rings (SSSR count). The normalized spacial score (nSPS) is 22.2. The number of nitrogens with one attached hydrogen (secondary N) is 1. The summed E-state index contributed by atoms with van der Waals surface area (Å²) >= 11 is 0. The monoisotopic (exact) mass is 498 g/mol. The largest absolute Gasteiger partial charge is 0.417 e. The minimum atomic E-state index is -5.09. The summed E-state index contributed by atoms with van der Waals surface area (Å²) < 4.78 is 97.5. The van der Waals surface area contributed by atoms with Gasteiger partial charge in [-0.3, -0.25) is 0 Å². The number of nitrogen functional groups attached to an aromatic ring is 1. The van der Waals surface area contributed by atoms with Gasteiger partial charge < -0.3 is 10.6 Å². The van der Waals surface area contributed by atoms with Crippen LogP contribution in [0.5, 0.6) is 0 Å². The summed E-state index contributed by atoms with van der Waals surface area (Å²) in [4.78, 5) is -0.803. The molecule has 1 saturated carbocycles. The second-order valence-corrected chi connectivity index (χ2v) is 12.6. The minimum absolute atomic E-state index is 0.133. The SMILES string of the molecule is CC1CC(NS(=O)(=O)c2cc(S(=O)(=O)N=CN(C)C)c(C(F)(F)F)cc2N)CC(C)(C)C1. The van der Waals surface area contributed by atoms with E-state index >= 15 is 0 Å². The number of rotatable bonds is 6. The third kappa shape index (κ3) is 6.35. The van der Waals surface area contributed by atoms with Crippen LogP contribution < -0.4 is 10.5 Å². The highest BCUT2D eigenvalue weighted by Crippen LogP contribution is 2.41. The van der Waals surface area contributed by atoms with Crippen molar-refractivity contribution in [3.8, 4) is 0 Å². The van der Waals surface area contributed by atoms with Crippen LogP contribution in [0.1, 0.15) is 45.6 Å². The van der Waals surface area contributed by atoms with Gasteiger partial charge in [0.05, 0.1) is 11.3 Å². The Morgan fingerprint density at radius 3 is 2.25 bits per heavy atom. The first-order valence-electron chi connectivity index (χ1n) is 9.84. The van der Waals surface area contributed by atoms with E-state index in [2.05, 4.69) is 9.12 Å². The summed E-state index contributed by atoms with van der Waals surface area (Å²) in [5.74, 6) is 0.229. The fourth-order valence-electron chi connectivity index (χ4n) is 4.18. The summed E-state index contributed by atoms with van der Waals surface area (Å²) in [5.41, 5.74) is 3.24. The second kappa shape index (κ2) is 8.82. The molecule has 2 atom stereocenters. The maximum Gasteiger partial charge on any atom is 0.417 e. The van der Waals surface area contributed by atoms with Crippen LogP contribution in [-0.2, 0) is 26.2 Å². The van der Waals surface area contributed by atoms with Crippen LogP contribution in [0.2, 0.25) is 0 Å². The molecule has 0 radical (unpaired) electrons. The molecule has 32 heavy (non-hydrogen) atoms. The van der Waals surface area contributed by atoms with E-state index < -0.39 is 53.3 Å². The molecule has 0 saturated heterocycles. The van der Waals surface area contributed by atoms with Gasteiger partial charge in [0, 0.05) is 20.1 Å². The molecule has 8 nitrogen and oxygen atoms in total. The molecule has 0 heterocycles. The van der Waals surface area contributed by atoms with E-state index in [4.69, 9.17) is 5.73 Å². The van der Waals surface area contributed by atoms with Gasteiger partial charge >= 0.3 is 6.18 Å². The lowest BCUT2D eigenvalue weighted by Gasteiger charge is -2.39. The quantitative estimate of drug-likeness (QED) is 0.353. The van der Waals surface area contributed by atoms with E-state index in [9.17, 15) is 30.0 Å². The molecule has 0 aromatic heterocycles. The van der Waals surface area contributed by atoms with Crippen molar-refractivity contribution < 1.29 is 30.0 Å². The molecule has 1 aliphatic rings. The highest BCUT2D eigenvalue weighted by molar-refractivity contribution is 7.91. The van der Waals surface area contributed by atoms with Crippen LogP contribution in [0.4, 0.5) is 18.9 Å². The summed E-state index contributed by atoms with van der Waals surface area (Å²) in [6, 6.07) is 0.285. The van der Waals surface area contributed by atoms with Gasteiger partial charge in [0.15, 0.2) is 0 Å². The molecule has 13 heteroatoms. The van der Waals surface area contributed by atoms with Gasteiger partial charge in [-0.15, -0.1) is 4.40 Å². The van der Waals surface area contributed by atoms with Crippen molar-refractivity contribution in [2.45, 2.75) is 62.0 Å². The first-order chi connectivity index (χ1) is 14.3. The smallest absolute Gasteiger partial charge is 0.398 e. The fraction of sp³-hybridized carbons (Fsp3) is 0.632. The molecular formula is C19H29F3N4O4S2. The summed E-state index contributed by atoms with van der Waals surface area (Å²) in [7, 11) is -6.42. The van der Waals surface area contributed by atoms with Crippen LogP contribution in [0.15, 0.2) is 26.3 Å². The molecule has 2 unspecified atom stereocenters. The van der Waals surface area contributed by atoms with Crippen LogP contribution in [-0.4, -0.2) is 48.2 Å². The van der Waals surface area contributed by atoms with Gasteiger partial charge in [-0.1, -0.05) is 20.8 Å². The number of nitrogens with zero attached hydrogens (tertiary/aromatic N) is 2. The molecule has 0 bridgehead atoms. The average Bonchev–Trinajstić information content (AvgIpc) is 2.56. The molecule has 1 aromatic rings. The van der Waals surface area contributed by atoms with E-state index in [-0.39, 0.29) is 11.3 Å². The van der Waals surface area contributed by atoms with Crippen LogP contribution >= 0.6 is 0 Å². The van der Waals surface area contributed by atoms with Crippen molar-refractivity contribution in [1.82, 2.24) is 9.62 Å². The second-order valence-electron chi connectivity index (χ2n) is 9.28. The number of alkyl halides is 3. The van der Waals surface area contributed by atoms with Crippen molar-refractivity contribution in [3.05, 3.63) is 17.7 Å². The van der Waals surface area contributed by atoms with Crippen molar-refractivity contribution >= 4 is 32.1 Å². The Labute approximate surface area is 187 Å². The minimum Gasteiger partial charge on any atom is -0.398 e. The Bertz CT molecular complexity index is 1100. The summed E-state index contributed by atoms with van der Waals surface area (Å²) in [6.07, 6.45) is -2.32. The Kier molecular flexibility index (Phi) is 7.28. The van der Waals surface area contributed by atoms with Crippen LogP contribution in [0.3, 0.4) is 0 Å². The Balaban J connectivity index is 2.59. The van der Waals surface area contributed by atoms with Crippen molar-refractivity contribution in [1.29, 1.82) is 0 Å². The lowest BCUT2D eigenvalue weighted by molar-refractivity contribution is -0.139. The number of nitrogens with two attached hydrogens (primary N) is 1. The molecular weight excluding hydrogens is 469 g/mol. The highest BCUT2D eigenvalue weighted by Gasteiger charge is 2.40. The maximum atomic E-state index is 13.5. The van der Waals surface area contributed by atoms with Crippen LogP contribution in [0.25, 0.3) is 0 Å². The van der Waals surface area contributed by atoms with Gasteiger partial charge in [0.2, 0.25) is 10.0 Å². The summed E-state index contributed by atoms with van der Waals surface area (Å²) in [6.45, 7) is 6.00. The van der Waals surface area contributed by atoms with Crippen molar-refractivity contribution in [2.75, 3.05) is 19.8 Å². The third-order valence-corrected chi connectivity index (χ3v) is 7.95. The molecule has 182 valence electrons. The molecule has 1 aliphatic carbocycles. The highest BCUT2D eigenvalue weighted by atomic mass is 32.2. The van der Waals surface area contributed by atoms with Gasteiger partial charge in [-0.2, -0.15) is 21.6 Å². The average molecular weight is 499 g/mol. The Hall–Kier alpha value is -1.86. The lowest BCUT2D eigenvalue weighted by atomic mass is 9.71.